The van der Waals surface area contributed by atoms with Crippen molar-refractivity contribution in [2.45, 2.75) is 13.5 Å². The number of aryl methyl sites for hydroxylation is 1. The number of carbonyl (C=O) groups is 1. The van der Waals surface area contributed by atoms with Crippen LogP contribution in [0, 0.1) is 6.92 Å². The molecule has 3 aromatic rings. The molecule has 136 valence electrons. The molecule has 2 N–H and O–H groups in total. The Bertz CT molecular complexity index is 973. The third-order valence-electron chi connectivity index (χ3n) is 4.08. The molecule has 0 bridgehead atoms. The van der Waals surface area contributed by atoms with Gasteiger partial charge in [0.25, 0.3) is 5.91 Å². The highest BCUT2D eigenvalue weighted by molar-refractivity contribution is 6.03. The van der Waals surface area contributed by atoms with Crippen molar-refractivity contribution in [1.82, 2.24) is 9.97 Å². The van der Waals surface area contributed by atoms with Crippen LogP contribution in [0.5, 0.6) is 11.5 Å². The molecule has 0 saturated carbocycles. The van der Waals surface area contributed by atoms with E-state index in [0.29, 0.717) is 18.1 Å². The monoisotopic (exact) mass is 362 g/mol. The molecule has 1 aliphatic rings. The zero-order valence-electron chi connectivity index (χ0n) is 14.7. The molecule has 0 fully saturated rings. The van der Waals surface area contributed by atoms with Crippen LogP contribution in [0.4, 0.5) is 11.6 Å². The predicted octanol–water partition coefficient (Wildman–Crippen LogP) is 3.38. The molecule has 7 heteroatoms. The standard InChI is InChI=1S/C20H18N4O3/c1-13-3-2-4-16(7-13)24-19(25)15-10-22-20(23-11-15)21-9-14-5-6-17-18(8-14)27-12-26-17/h2-8,10-11H,9,12H2,1H3,(H,24,25)(H,21,22,23). The van der Waals surface area contributed by atoms with E-state index in [9.17, 15) is 4.79 Å². The average molecular weight is 362 g/mol. The Labute approximate surface area is 156 Å². The molecule has 0 atom stereocenters. The van der Waals surface area contributed by atoms with Crippen LogP contribution >= 0.6 is 0 Å². The highest BCUT2D eigenvalue weighted by atomic mass is 16.7. The first-order chi connectivity index (χ1) is 13.2. The molecular formula is C20H18N4O3. The molecule has 0 aliphatic carbocycles. The molecule has 0 radical (unpaired) electrons. The van der Waals surface area contributed by atoms with Crippen molar-refractivity contribution >= 4 is 17.5 Å². The maximum absolute atomic E-state index is 12.3. The van der Waals surface area contributed by atoms with Gasteiger partial charge in [0.05, 0.1) is 5.56 Å². The van der Waals surface area contributed by atoms with Gasteiger partial charge in [-0.3, -0.25) is 4.79 Å². The third-order valence-corrected chi connectivity index (χ3v) is 4.08. The fourth-order valence-corrected chi connectivity index (χ4v) is 2.69. The van der Waals surface area contributed by atoms with E-state index in [0.717, 1.165) is 28.3 Å². The minimum atomic E-state index is -0.247. The van der Waals surface area contributed by atoms with E-state index in [1.807, 2.05) is 49.4 Å². The zero-order chi connectivity index (χ0) is 18.6. The Balaban J connectivity index is 1.36. The molecule has 0 saturated heterocycles. The molecule has 7 nitrogen and oxygen atoms in total. The van der Waals surface area contributed by atoms with Crippen LogP contribution in [0.1, 0.15) is 21.5 Å². The molecule has 27 heavy (non-hydrogen) atoms. The Morgan fingerprint density at radius 1 is 1.07 bits per heavy atom. The van der Waals surface area contributed by atoms with E-state index in [4.69, 9.17) is 9.47 Å². The lowest BCUT2D eigenvalue weighted by Crippen LogP contribution is -2.13. The van der Waals surface area contributed by atoms with Crippen molar-refractivity contribution in [2.75, 3.05) is 17.4 Å². The molecule has 0 unspecified atom stereocenters. The van der Waals surface area contributed by atoms with Crippen LogP contribution in [0.3, 0.4) is 0 Å². The number of nitrogens with zero attached hydrogens (tertiary/aromatic N) is 2. The van der Waals surface area contributed by atoms with Crippen molar-refractivity contribution < 1.29 is 14.3 Å². The van der Waals surface area contributed by atoms with Crippen LogP contribution in [-0.2, 0) is 6.54 Å². The van der Waals surface area contributed by atoms with Crippen LogP contribution in [-0.4, -0.2) is 22.7 Å². The van der Waals surface area contributed by atoms with Crippen molar-refractivity contribution in [2.24, 2.45) is 0 Å². The summed E-state index contributed by atoms with van der Waals surface area (Å²) in [6, 6.07) is 13.3. The number of hydrogen-bond donors (Lipinski definition) is 2. The Morgan fingerprint density at radius 3 is 2.70 bits per heavy atom. The summed E-state index contributed by atoms with van der Waals surface area (Å²) in [6.07, 6.45) is 3.00. The van der Waals surface area contributed by atoms with Crippen LogP contribution in [0.2, 0.25) is 0 Å². The van der Waals surface area contributed by atoms with E-state index in [1.54, 1.807) is 0 Å². The van der Waals surface area contributed by atoms with Crippen molar-refractivity contribution in [3.63, 3.8) is 0 Å². The Morgan fingerprint density at radius 2 is 1.89 bits per heavy atom. The minimum absolute atomic E-state index is 0.247. The number of nitrogens with one attached hydrogen (secondary N) is 2. The van der Waals surface area contributed by atoms with Gasteiger partial charge in [0.1, 0.15) is 0 Å². The highest BCUT2D eigenvalue weighted by Crippen LogP contribution is 2.32. The Hall–Kier alpha value is -3.61. The summed E-state index contributed by atoms with van der Waals surface area (Å²) in [5, 5.41) is 5.96. The largest absolute Gasteiger partial charge is 0.454 e. The summed E-state index contributed by atoms with van der Waals surface area (Å²) in [5.74, 6) is 1.68. The highest BCUT2D eigenvalue weighted by Gasteiger charge is 2.13. The number of rotatable bonds is 5. The van der Waals surface area contributed by atoms with Crippen LogP contribution in [0.25, 0.3) is 0 Å². The number of hydrogen-bond acceptors (Lipinski definition) is 6. The second-order valence-electron chi connectivity index (χ2n) is 6.16. The summed E-state index contributed by atoms with van der Waals surface area (Å²) in [4.78, 5) is 20.7. The molecule has 1 aliphatic heterocycles. The van der Waals surface area contributed by atoms with Gasteiger partial charge >= 0.3 is 0 Å². The van der Waals surface area contributed by atoms with Gasteiger partial charge in [-0.15, -0.1) is 0 Å². The molecule has 4 rings (SSSR count). The summed E-state index contributed by atoms with van der Waals surface area (Å²) < 4.78 is 10.7. The lowest BCUT2D eigenvalue weighted by Gasteiger charge is -2.08. The number of carbonyl (C=O) groups excluding carboxylic acids is 1. The van der Waals surface area contributed by atoms with Crippen molar-refractivity contribution in [3.8, 4) is 11.5 Å². The van der Waals surface area contributed by atoms with Gasteiger partial charge in [-0.1, -0.05) is 18.2 Å². The summed E-state index contributed by atoms with van der Waals surface area (Å²) in [5.41, 5.74) is 3.23. The summed E-state index contributed by atoms with van der Waals surface area (Å²) in [6.45, 7) is 2.76. The second kappa shape index (κ2) is 7.33. The molecular weight excluding hydrogens is 344 g/mol. The zero-order valence-corrected chi connectivity index (χ0v) is 14.7. The SMILES string of the molecule is Cc1cccc(NC(=O)c2cnc(NCc3ccc4c(c3)OCO4)nc2)c1. The van der Waals surface area contributed by atoms with Crippen LogP contribution in [0.15, 0.2) is 54.9 Å². The minimum Gasteiger partial charge on any atom is -0.454 e. The lowest BCUT2D eigenvalue weighted by atomic mass is 10.2. The summed E-state index contributed by atoms with van der Waals surface area (Å²) >= 11 is 0. The number of fused-ring (bicyclic) bond motifs is 1. The van der Waals surface area contributed by atoms with Gasteiger partial charge in [0, 0.05) is 24.6 Å². The normalized spacial score (nSPS) is 11.9. The Kier molecular flexibility index (Phi) is 4.57. The average Bonchev–Trinajstić information content (AvgIpc) is 3.14. The molecule has 1 amide bonds. The van der Waals surface area contributed by atoms with E-state index >= 15 is 0 Å². The van der Waals surface area contributed by atoms with Gasteiger partial charge in [0.2, 0.25) is 12.7 Å². The molecule has 2 heterocycles. The maximum Gasteiger partial charge on any atom is 0.258 e. The second-order valence-corrected chi connectivity index (χ2v) is 6.16. The molecule has 2 aromatic carbocycles. The molecule has 1 aromatic heterocycles. The third kappa shape index (κ3) is 3.98. The smallest absolute Gasteiger partial charge is 0.258 e. The van der Waals surface area contributed by atoms with Crippen molar-refractivity contribution in [1.29, 1.82) is 0 Å². The fourth-order valence-electron chi connectivity index (χ4n) is 2.69. The predicted molar refractivity (Wildman–Crippen MR) is 101 cm³/mol. The van der Waals surface area contributed by atoms with Gasteiger partial charge in [0.15, 0.2) is 11.5 Å². The first-order valence-electron chi connectivity index (χ1n) is 8.50. The van der Waals surface area contributed by atoms with Gasteiger partial charge in [-0.05, 0) is 42.3 Å². The van der Waals surface area contributed by atoms with Crippen LogP contribution < -0.4 is 20.1 Å². The number of benzene rings is 2. The first kappa shape index (κ1) is 16.8. The molecule has 0 spiro atoms. The lowest BCUT2D eigenvalue weighted by molar-refractivity contribution is 0.102. The quantitative estimate of drug-likeness (QED) is 0.724. The number of aromatic nitrogens is 2. The maximum atomic E-state index is 12.3. The van der Waals surface area contributed by atoms with Crippen molar-refractivity contribution in [3.05, 3.63) is 71.5 Å². The fraction of sp³-hybridized carbons (Fsp3) is 0.150. The van der Waals surface area contributed by atoms with E-state index in [1.165, 1.54) is 12.4 Å². The van der Waals surface area contributed by atoms with Gasteiger partial charge < -0.3 is 20.1 Å². The van der Waals surface area contributed by atoms with E-state index in [2.05, 4.69) is 20.6 Å². The van der Waals surface area contributed by atoms with E-state index < -0.39 is 0 Å². The number of ether oxygens (including phenoxy) is 2. The number of anilines is 2. The topological polar surface area (TPSA) is 85.4 Å². The summed E-state index contributed by atoms with van der Waals surface area (Å²) in [7, 11) is 0. The van der Waals surface area contributed by atoms with Gasteiger partial charge in [-0.2, -0.15) is 0 Å². The van der Waals surface area contributed by atoms with E-state index in [-0.39, 0.29) is 12.7 Å². The first-order valence-corrected chi connectivity index (χ1v) is 8.50. The number of amides is 1. The van der Waals surface area contributed by atoms with Gasteiger partial charge in [-0.25, -0.2) is 9.97 Å².